The quantitative estimate of drug-likeness (QED) is 0.674. The molecule has 0 aliphatic rings. The van der Waals surface area contributed by atoms with Gasteiger partial charge in [0.15, 0.2) is 0 Å². The molecule has 0 rings (SSSR count). The minimum absolute atomic E-state index is 0.131. The normalized spacial score (nSPS) is 13.3. The molecule has 0 saturated carbocycles. The molecule has 5 heteroatoms. The van der Waals surface area contributed by atoms with Gasteiger partial charge in [0, 0.05) is 24.3 Å². The molecule has 0 fully saturated rings. The molecule has 0 aromatic carbocycles. The maximum atomic E-state index is 12.0. The van der Waals surface area contributed by atoms with Crippen LogP contribution in [-0.2, 0) is 14.4 Å². The average molecular weight is 326 g/mol. The number of hydrogen-bond donors (Lipinski definition) is 2. The predicted molar refractivity (Wildman–Crippen MR) is 93.0 cm³/mol. The molecule has 2 N–H and O–H groups in total. The summed E-state index contributed by atoms with van der Waals surface area (Å²) in [5.74, 6) is -0.0382. The lowest BCUT2D eigenvalue weighted by atomic mass is 9.87. The minimum atomic E-state index is -0.522. The number of carbonyl (C=O) groups is 3. The summed E-state index contributed by atoms with van der Waals surface area (Å²) in [6.45, 7) is 11.3. The molecule has 23 heavy (non-hydrogen) atoms. The predicted octanol–water partition coefficient (Wildman–Crippen LogP) is 2.83. The fourth-order valence-corrected chi connectivity index (χ4v) is 2.00. The van der Waals surface area contributed by atoms with Crippen molar-refractivity contribution in [2.24, 2.45) is 10.8 Å². The molecule has 2 amide bonds. The molecular weight excluding hydrogens is 292 g/mol. The van der Waals surface area contributed by atoms with Gasteiger partial charge in [-0.2, -0.15) is 0 Å². The first-order chi connectivity index (χ1) is 10.4. The highest BCUT2D eigenvalue weighted by atomic mass is 16.2. The lowest BCUT2D eigenvalue weighted by molar-refractivity contribution is -0.133. The third kappa shape index (κ3) is 8.72. The van der Waals surface area contributed by atoms with E-state index in [-0.39, 0.29) is 23.0 Å². The van der Waals surface area contributed by atoms with Gasteiger partial charge in [0.25, 0.3) is 0 Å². The highest BCUT2D eigenvalue weighted by Crippen LogP contribution is 2.19. The Hall–Kier alpha value is -1.39. The van der Waals surface area contributed by atoms with Gasteiger partial charge in [0.2, 0.25) is 11.8 Å². The van der Waals surface area contributed by atoms with Crippen LogP contribution >= 0.6 is 0 Å². The number of ketones is 1. The Labute approximate surface area is 141 Å². The SMILES string of the molecule is CNC(=O)[C@H](CCCCCC(=O)C(C)(C)C)NC(=O)C(C)(C)C. The maximum absolute atomic E-state index is 12.0. The summed E-state index contributed by atoms with van der Waals surface area (Å²) in [6.07, 6.45) is 3.66. The molecule has 0 spiro atoms. The lowest BCUT2D eigenvalue weighted by Gasteiger charge is -2.23. The second-order valence-corrected chi connectivity index (χ2v) is 8.16. The highest BCUT2D eigenvalue weighted by molar-refractivity contribution is 5.89. The van der Waals surface area contributed by atoms with E-state index in [0.29, 0.717) is 12.8 Å². The first-order valence-corrected chi connectivity index (χ1v) is 8.45. The van der Waals surface area contributed by atoms with E-state index >= 15 is 0 Å². The van der Waals surface area contributed by atoms with Gasteiger partial charge in [-0.05, 0) is 12.8 Å². The van der Waals surface area contributed by atoms with E-state index in [2.05, 4.69) is 10.6 Å². The van der Waals surface area contributed by atoms with E-state index in [1.807, 2.05) is 41.5 Å². The fraction of sp³-hybridized carbons (Fsp3) is 0.833. The van der Waals surface area contributed by atoms with Gasteiger partial charge in [-0.3, -0.25) is 14.4 Å². The van der Waals surface area contributed by atoms with Crippen molar-refractivity contribution in [2.75, 3.05) is 7.05 Å². The number of amides is 2. The van der Waals surface area contributed by atoms with E-state index in [4.69, 9.17) is 0 Å². The first kappa shape index (κ1) is 21.6. The minimum Gasteiger partial charge on any atom is -0.357 e. The van der Waals surface area contributed by atoms with Gasteiger partial charge in [0.05, 0.1) is 0 Å². The van der Waals surface area contributed by atoms with Crippen molar-refractivity contribution in [3.8, 4) is 0 Å². The van der Waals surface area contributed by atoms with Crippen molar-refractivity contribution in [3.63, 3.8) is 0 Å². The number of likely N-dealkylation sites (N-methyl/N-ethyl adjacent to an activating group) is 1. The van der Waals surface area contributed by atoms with Gasteiger partial charge in [-0.15, -0.1) is 0 Å². The molecule has 0 radical (unpaired) electrons. The average Bonchev–Trinajstić information content (AvgIpc) is 2.42. The Bertz CT molecular complexity index is 417. The highest BCUT2D eigenvalue weighted by Gasteiger charge is 2.27. The molecule has 5 nitrogen and oxygen atoms in total. The Morgan fingerprint density at radius 1 is 0.870 bits per heavy atom. The number of unbranched alkanes of at least 4 members (excludes halogenated alkanes) is 2. The van der Waals surface area contributed by atoms with E-state index < -0.39 is 11.5 Å². The molecular formula is C18H34N2O3. The zero-order valence-corrected chi connectivity index (χ0v) is 15.8. The van der Waals surface area contributed by atoms with E-state index in [1.165, 1.54) is 0 Å². The smallest absolute Gasteiger partial charge is 0.242 e. The third-order valence-electron chi connectivity index (χ3n) is 3.78. The van der Waals surface area contributed by atoms with Gasteiger partial charge >= 0.3 is 0 Å². The van der Waals surface area contributed by atoms with Crippen molar-refractivity contribution in [3.05, 3.63) is 0 Å². The van der Waals surface area contributed by atoms with Crippen LogP contribution in [0.3, 0.4) is 0 Å². The number of rotatable bonds is 8. The van der Waals surface area contributed by atoms with Gasteiger partial charge < -0.3 is 10.6 Å². The molecule has 0 saturated heterocycles. The largest absolute Gasteiger partial charge is 0.357 e. The molecule has 0 aromatic heterocycles. The molecule has 0 aliphatic carbocycles. The van der Waals surface area contributed by atoms with E-state index in [9.17, 15) is 14.4 Å². The van der Waals surface area contributed by atoms with Crippen LogP contribution < -0.4 is 10.6 Å². The fourth-order valence-electron chi connectivity index (χ4n) is 2.00. The van der Waals surface area contributed by atoms with Gasteiger partial charge in [-0.1, -0.05) is 54.4 Å². The molecule has 0 heterocycles. The number of hydrogen-bond acceptors (Lipinski definition) is 3. The van der Waals surface area contributed by atoms with Crippen LogP contribution in [0, 0.1) is 10.8 Å². The summed E-state index contributed by atoms with van der Waals surface area (Å²) in [4.78, 5) is 35.8. The molecule has 134 valence electrons. The molecule has 0 bridgehead atoms. The van der Waals surface area contributed by atoms with Crippen molar-refractivity contribution in [1.29, 1.82) is 0 Å². The Morgan fingerprint density at radius 2 is 1.43 bits per heavy atom. The number of carbonyl (C=O) groups excluding carboxylic acids is 3. The van der Waals surface area contributed by atoms with Crippen molar-refractivity contribution in [2.45, 2.75) is 79.7 Å². The van der Waals surface area contributed by atoms with Crippen LogP contribution in [-0.4, -0.2) is 30.7 Å². The van der Waals surface area contributed by atoms with Crippen molar-refractivity contribution < 1.29 is 14.4 Å². The Kier molecular flexibility index (Phi) is 8.49. The summed E-state index contributed by atoms with van der Waals surface area (Å²) < 4.78 is 0. The second-order valence-electron chi connectivity index (χ2n) is 8.16. The van der Waals surface area contributed by atoms with Gasteiger partial charge in [-0.25, -0.2) is 0 Å². The summed E-state index contributed by atoms with van der Waals surface area (Å²) in [5, 5.41) is 5.41. The summed E-state index contributed by atoms with van der Waals surface area (Å²) in [7, 11) is 1.57. The first-order valence-electron chi connectivity index (χ1n) is 8.45. The van der Waals surface area contributed by atoms with Crippen molar-refractivity contribution >= 4 is 17.6 Å². The van der Waals surface area contributed by atoms with Crippen LogP contribution in [0.4, 0.5) is 0 Å². The monoisotopic (exact) mass is 326 g/mol. The maximum Gasteiger partial charge on any atom is 0.242 e. The Morgan fingerprint density at radius 3 is 1.87 bits per heavy atom. The van der Waals surface area contributed by atoms with Gasteiger partial charge in [0.1, 0.15) is 11.8 Å². The van der Waals surface area contributed by atoms with Crippen LogP contribution in [0.25, 0.3) is 0 Å². The topological polar surface area (TPSA) is 75.3 Å². The molecule has 0 aliphatic heterocycles. The number of Topliss-reactive ketones (excluding diaryl/α,β-unsaturated/α-hetero) is 1. The van der Waals surface area contributed by atoms with Crippen LogP contribution in [0.5, 0.6) is 0 Å². The molecule has 0 aromatic rings. The summed E-state index contributed by atoms with van der Waals surface area (Å²) >= 11 is 0. The van der Waals surface area contributed by atoms with Crippen LogP contribution in [0.15, 0.2) is 0 Å². The molecule has 1 atom stereocenters. The second kappa shape index (κ2) is 9.04. The number of nitrogens with one attached hydrogen (secondary N) is 2. The molecule has 0 unspecified atom stereocenters. The summed E-state index contributed by atoms with van der Waals surface area (Å²) in [5.41, 5.74) is -0.809. The lowest BCUT2D eigenvalue weighted by Crippen LogP contribution is -2.49. The van der Waals surface area contributed by atoms with Crippen molar-refractivity contribution in [1.82, 2.24) is 10.6 Å². The van der Waals surface area contributed by atoms with E-state index in [0.717, 1.165) is 19.3 Å². The zero-order chi connectivity index (χ0) is 18.3. The standard InChI is InChI=1S/C18H34N2O3/c1-17(2,3)14(21)12-10-8-9-11-13(15(22)19-7)20-16(23)18(4,5)6/h13H,8-12H2,1-7H3,(H,19,22)(H,20,23)/t13-/m0/s1. The Balaban J connectivity index is 4.30. The zero-order valence-electron chi connectivity index (χ0n) is 15.8. The third-order valence-corrected chi connectivity index (χ3v) is 3.78. The van der Waals surface area contributed by atoms with Crippen LogP contribution in [0.2, 0.25) is 0 Å². The van der Waals surface area contributed by atoms with Crippen LogP contribution in [0.1, 0.15) is 73.6 Å². The van der Waals surface area contributed by atoms with E-state index in [1.54, 1.807) is 7.05 Å². The summed E-state index contributed by atoms with van der Waals surface area (Å²) in [6, 6.07) is -0.509.